The van der Waals surface area contributed by atoms with Crippen LogP contribution in [0, 0.1) is 0 Å². The summed E-state index contributed by atoms with van der Waals surface area (Å²) >= 11 is 5.66. The molecular formula is C30H33ClN8O6S. The molecule has 5 amide bonds. The Morgan fingerprint density at radius 2 is 1.33 bits per heavy atom. The maximum atomic E-state index is 13.1. The molecule has 0 saturated carbocycles. The lowest BCUT2D eigenvalue weighted by molar-refractivity contribution is -0.117. The van der Waals surface area contributed by atoms with E-state index in [-0.39, 0.29) is 35.9 Å². The van der Waals surface area contributed by atoms with Gasteiger partial charge in [-0.05, 0) is 48.5 Å². The number of primary amides is 1. The molecule has 0 aliphatic carbocycles. The van der Waals surface area contributed by atoms with Crippen molar-refractivity contribution in [3.63, 3.8) is 0 Å². The monoisotopic (exact) mass is 668 g/mol. The lowest BCUT2D eigenvalue weighted by Gasteiger charge is -2.10. The highest BCUT2D eigenvalue weighted by atomic mass is 35.5. The van der Waals surface area contributed by atoms with Gasteiger partial charge < -0.3 is 40.7 Å². The maximum Gasteiger partial charge on any atom is 0.272 e. The number of halogens is 1. The summed E-state index contributed by atoms with van der Waals surface area (Å²) in [6.07, 6.45) is 3.15. The highest BCUT2D eigenvalue weighted by Crippen LogP contribution is 2.20. The molecule has 4 aromatic rings. The van der Waals surface area contributed by atoms with Gasteiger partial charge in [0.25, 0.3) is 23.6 Å². The van der Waals surface area contributed by atoms with Crippen LogP contribution in [0.5, 0.6) is 0 Å². The summed E-state index contributed by atoms with van der Waals surface area (Å²) < 4.78 is 16.7. The Balaban J connectivity index is 1.37. The fourth-order valence-corrected chi connectivity index (χ4v) is 5.73. The van der Waals surface area contributed by atoms with Gasteiger partial charge in [0.15, 0.2) is 0 Å². The Bertz CT molecular complexity index is 1820. The third-order valence-corrected chi connectivity index (χ3v) is 8.67. The van der Waals surface area contributed by atoms with Gasteiger partial charge in [-0.1, -0.05) is 0 Å². The molecule has 4 rings (SSSR count). The first-order valence-corrected chi connectivity index (χ1v) is 15.8. The van der Waals surface area contributed by atoms with Gasteiger partial charge in [0.05, 0.1) is 22.2 Å². The van der Waals surface area contributed by atoms with Crippen molar-refractivity contribution >= 4 is 69.1 Å². The molecule has 46 heavy (non-hydrogen) atoms. The van der Waals surface area contributed by atoms with Gasteiger partial charge in [-0.2, -0.15) is 0 Å². The fourth-order valence-electron chi connectivity index (χ4n) is 4.50. The summed E-state index contributed by atoms with van der Waals surface area (Å²) in [5, 5.41) is 10.8. The first kappa shape index (κ1) is 33.7. The largest absolute Gasteiger partial charge is 0.370 e. The molecule has 1 atom stereocenters. The number of carbonyl (C=O) groups excluding carboxylic acids is 5. The van der Waals surface area contributed by atoms with E-state index >= 15 is 0 Å². The van der Waals surface area contributed by atoms with Crippen LogP contribution in [0.25, 0.3) is 0 Å². The molecule has 0 radical (unpaired) electrons. The van der Waals surface area contributed by atoms with Crippen molar-refractivity contribution in [2.75, 3.05) is 34.1 Å². The van der Waals surface area contributed by atoms with Gasteiger partial charge in [-0.3, -0.25) is 28.2 Å². The van der Waals surface area contributed by atoms with Gasteiger partial charge in [0.2, 0.25) is 5.91 Å². The summed E-state index contributed by atoms with van der Waals surface area (Å²) in [6.45, 7) is 0.0903. The van der Waals surface area contributed by atoms with Crippen molar-refractivity contribution < 1.29 is 28.2 Å². The van der Waals surface area contributed by atoms with E-state index in [1.165, 1.54) is 21.3 Å². The first-order valence-electron chi connectivity index (χ1n) is 13.9. The van der Waals surface area contributed by atoms with Crippen LogP contribution in [0.4, 0.5) is 17.2 Å². The Hall–Kier alpha value is -5.15. The van der Waals surface area contributed by atoms with E-state index in [2.05, 4.69) is 21.3 Å². The third-order valence-electron chi connectivity index (χ3n) is 6.89. The molecule has 0 spiro atoms. The molecule has 1 unspecified atom stereocenters. The standard InChI is InChI=1S/C30H33ClN8O6S/c1-37-16-19(14-23(37)28(42)33-12-10-25(32)40)35-30(44)24-15-20(17-38(24)2)34-29(43)22-8-9-26(39(22)3)36-27(41)18-4-6-21(7-5-18)46(45)13-11-31/h4-9,14-17H,10-13H2,1-3H3,(H2,32,40)(H,33,42)(H,34,43)(H,35,44)(H,36,41). The van der Waals surface area contributed by atoms with Crippen LogP contribution in [0.2, 0.25) is 0 Å². The summed E-state index contributed by atoms with van der Waals surface area (Å²) in [4.78, 5) is 62.8. The molecule has 6 N–H and O–H groups in total. The second kappa shape index (κ2) is 14.8. The molecule has 14 nitrogen and oxygen atoms in total. The highest BCUT2D eigenvalue weighted by molar-refractivity contribution is 7.85. The molecule has 242 valence electrons. The fraction of sp³-hybridized carbons (Fsp3) is 0.233. The number of aromatic nitrogens is 3. The number of amides is 5. The zero-order valence-electron chi connectivity index (χ0n) is 25.3. The molecule has 0 aliphatic rings. The second-order valence-electron chi connectivity index (χ2n) is 10.2. The van der Waals surface area contributed by atoms with Gasteiger partial charge in [0, 0.05) is 68.6 Å². The van der Waals surface area contributed by atoms with Crippen LogP contribution < -0.4 is 27.0 Å². The van der Waals surface area contributed by atoms with Gasteiger partial charge in [0.1, 0.15) is 22.9 Å². The quantitative estimate of drug-likeness (QED) is 0.136. The SMILES string of the molecule is Cn1cc(NC(=O)c2cc(NC(=O)c3ccc(NC(=O)c4ccc(S(=O)CCCl)cc4)n3C)cn2C)cc1C(=O)NCCC(N)=O. The highest BCUT2D eigenvalue weighted by Gasteiger charge is 2.19. The van der Waals surface area contributed by atoms with Crippen LogP contribution in [0.1, 0.15) is 48.2 Å². The number of carbonyl (C=O) groups is 5. The van der Waals surface area contributed by atoms with Crippen molar-refractivity contribution in [1.29, 1.82) is 0 Å². The molecule has 3 heterocycles. The van der Waals surface area contributed by atoms with Crippen molar-refractivity contribution in [3.05, 3.63) is 83.6 Å². The maximum absolute atomic E-state index is 13.1. The van der Waals surface area contributed by atoms with Crippen molar-refractivity contribution in [1.82, 2.24) is 19.0 Å². The van der Waals surface area contributed by atoms with Crippen molar-refractivity contribution in [2.45, 2.75) is 11.3 Å². The first-order chi connectivity index (χ1) is 21.9. The summed E-state index contributed by atoms with van der Waals surface area (Å²) in [5.74, 6) is -1.36. The zero-order chi connectivity index (χ0) is 33.5. The second-order valence-corrected chi connectivity index (χ2v) is 12.2. The number of benzene rings is 1. The Morgan fingerprint density at radius 3 is 1.89 bits per heavy atom. The minimum atomic E-state index is -1.24. The number of nitrogens with one attached hydrogen (secondary N) is 4. The van der Waals surface area contributed by atoms with E-state index in [0.717, 1.165) is 0 Å². The molecule has 0 aliphatic heterocycles. The van der Waals surface area contributed by atoms with Crippen LogP contribution in [-0.4, -0.2) is 65.6 Å². The van der Waals surface area contributed by atoms with E-state index in [0.29, 0.717) is 33.4 Å². The lowest BCUT2D eigenvalue weighted by Crippen LogP contribution is -2.29. The minimum absolute atomic E-state index is 0.00479. The Labute approximate surface area is 271 Å². The van der Waals surface area contributed by atoms with Crippen LogP contribution in [0.3, 0.4) is 0 Å². The number of hydrogen-bond acceptors (Lipinski definition) is 6. The summed E-state index contributed by atoms with van der Waals surface area (Å²) in [7, 11) is 3.67. The predicted octanol–water partition coefficient (Wildman–Crippen LogP) is 2.41. The lowest BCUT2D eigenvalue weighted by atomic mass is 10.2. The zero-order valence-corrected chi connectivity index (χ0v) is 26.8. The van der Waals surface area contributed by atoms with Crippen molar-refractivity contribution in [2.24, 2.45) is 26.9 Å². The molecule has 3 aromatic heterocycles. The summed E-state index contributed by atoms with van der Waals surface area (Å²) in [5.41, 5.74) is 6.94. The smallest absolute Gasteiger partial charge is 0.272 e. The van der Waals surface area contributed by atoms with E-state index in [4.69, 9.17) is 17.3 Å². The van der Waals surface area contributed by atoms with Gasteiger partial charge >= 0.3 is 0 Å². The Kier molecular flexibility index (Phi) is 10.8. The number of nitrogens with zero attached hydrogens (tertiary/aromatic N) is 3. The normalized spacial score (nSPS) is 11.5. The average molecular weight is 669 g/mol. The van der Waals surface area contributed by atoms with Crippen LogP contribution in [-0.2, 0) is 36.7 Å². The number of aryl methyl sites for hydroxylation is 2. The topological polar surface area (TPSA) is 191 Å². The van der Waals surface area contributed by atoms with Gasteiger partial charge in [-0.25, -0.2) is 0 Å². The molecule has 0 fully saturated rings. The van der Waals surface area contributed by atoms with E-state index in [9.17, 15) is 28.2 Å². The van der Waals surface area contributed by atoms with E-state index < -0.39 is 40.3 Å². The number of nitrogens with two attached hydrogens (primary N) is 1. The number of rotatable bonds is 13. The Morgan fingerprint density at radius 1 is 0.761 bits per heavy atom. The van der Waals surface area contributed by atoms with E-state index in [1.54, 1.807) is 74.5 Å². The summed E-state index contributed by atoms with van der Waals surface area (Å²) in [6, 6.07) is 12.5. The number of alkyl halides is 1. The average Bonchev–Trinajstić information content (AvgIpc) is 3.68. The number of anilines is 3. The predicted molar refractivity (Wildman–Crippen MR) is 175 cm³/mol. The molecule has 1 aromatic carbocycles. The minimum Gasteiger partial charge on any atom is -0.370 e. The molecule has 0 saturated heterocycles. The molecule has 16 heteroatoms. The van der Waals surface area contributed by atoms with Crippen LogP contribution >= 0.6 is 11.6 Å². The van der Waals surface area contributed by atoms with Gasteiger partial charge in [-0.15, -0.1) is 11.6 Å². The van der Waals surface area contributed by atoms with Crippen LogP contribution in [0.15, 0.2) is 65.8 Å². The molecular weight excluding hydrogens is 636 g/mol. The van der Waals surface area contributed by atoms with Crippen molar-refractivity contribution in [3.8, 4) is 0 Å². The van der Waals surface area contributed by atoms with E-state index in [1.807, 2.05) is 0 Å². The molecule has 0 bridgehead atoms. The number of hydrogen-bond donors (Lipinski definition) is 5. The third kappa shape index (κ3) is 8.11.